The van der Waals surface area contributed by atoms with E-state index in [2.05, 4.69) is 34.6 Å². The molecule has 206 valence electrons. The van der Waals surface area contributed by atoms with E-state index in [-0.39, 0.29) is 11.7 Å². The second kappa shape index (κ2) is 13.0. The second-order valence-electron chi connectivity index (χ2n) is 9.07. The SMILES string of the molecule is CCn1c(CCCOc2ccc(Cl)cc2Cl)nnc1SCC(=O)Nc1ccc(-c2nc3ccc(C)cc3s2)cc1. The van der Waals surface area contributed by atoms with Crippen LogP contribution in [0.3, 0.4) is 0 Å². The first-order valence-corrected chi connectivity index (χ1v) is 15.4. The Hall–Kier alpha value is -3.11. The summed E-state index contributed by atoms with van der Waals surface area (Å²) < 4.78 is 8.97. The number of nitrogens with one attached hydrogen (secondary N) is 1. The van der Waals surface area contributed by atoms with Gasteiger partial charge >= 0.3 is 0 Å². The largest absolute Gasteiger partial charge is 0.492 e. The van der Waals surface area contributed by atoms with E-state index in [1.807, 2.05) is 41.8 Å². The zero-order valence-electron chi connectivity index (χ0n) is 22.0. The van der Waals surface area contributed by atoms with Crippen molar-refractivity contribution in [2.45, 2.75) is 38.4 Å². The Labute approximate surface area is 250 Å². The first-order valence-electron chi connectivity index (χ1n) is 12.8. The van der Waals surface area contributed by atoms with E-state index in [1.54, 1.807) is 29.5 Å². The Morgan fingerprint density at radius 2 is 1.90 bits per heavy atom. The van der Waals surface area contributed by atoms with Gasteiger partial charge in [-0.2, -0.15) is 0 Å². The minimum absolute atomic E-state index is 0.103. The van der Waals surface area contributed by atoms with Crippen LogP contribution >= 0.6 is 46.3 Å². The molecular weight excluding hydrogens is 585 g/mol. The highest BCUT2D eigenvalue weighted by Gasteiger charge is 2.14. The minimum Gasteiger partial charge on any atom is -0.492 e. The number of aromatic nitrogens is 4. The molecule has 0 saturated heterocycles. The fourth-order valence-corrected chi connectivity index (χ4v) is 6.47. The van der Waals surface area contributed by atoms with Crippen LogP contribution in [0.4, 0.5) is 5.69 Å². The number of fused-ring (bicyclic) bond motifs is 1. The number of rotatable bonds is 11. The maximum atomic E-state index is 12.7. The van der Waals surface area contributed by atoms with E-state index in [1.165, 1.54) is 22.0 Å². The van der Waals surface area contributed by atoms with Crippen LogP contribution in [-0.4, -0.2) is 38.0 Å². The maximum absolute atomic E-state index is 12.7. The van der Waals surface area contributed by atoms with Crippen molar-refractivity contribution >= 4 is 68.1 Å². The molecular formula is C29H27Cl2N5O2S2. The quantitative estimate of drug-likeness (QED) is 0.121. The average Bonchev–Trinajstić information content (AvgIpc) is 3.54. The Kier molecular flexibility index (Phi) is 9.26. The van der Waals surface area contributed by atoms with Crippen molar-refractivity contribution < 1.29 is 9.53 Å². The highest BCUT2D eigenvalue weighted by atomic mass is 35.5. The predicted octanol–water partition coefficient (Wildman–Crippen LogP) is 7.93. The number of nitrogens with zero attached hydrogens (tertiary/aromatic N) is 4. The summed E-state index contributed by atoms with van der Waals surface area (Å²) in [6.45, 7) is 5.32. The molecule has 0 unspecified atom stereocenters. The third kappa shape index (κ3) is 6.96. The van der Waals surface area contributed by atoms with Gasteiger partial charge in [0.1, 0.15) is 16.6 Å². The van der Waals surface area contributed by atoms with Crippen molar-refractivity contribution in [1.29, 1.82) is 0 Å². The van der Waals surface area contributed by atoms with Crippen LogP contribution in [0.5, 0.6) is 5.75 Å². The number of thiazole rings is 1. The van der Waals surface area contributed by atoms with Gasteiger partial charge in [0.05, 0.1) is 27.6 Å². The number of hydrogen-bond donors (Lipinski definition) is 1. The number of carbonyl (C=O) groups excluding carboxylic acids is 1. The number of amides is 1. The summed E-state index contributed by atoms with van der Waals surface area (Å²) in [5, 5.41) is 14.3. The molecule has 2 aromatic heterocycles. The number of carbonyl (C=O) groups is 1. The van der Waals surface area contributed by atoms with Crippen LogP contribution in [0.15, 0.2) is 65.8 Å². The molecule has 40 heavy (non-hydrogen) atoms. The van der Waals surface area contributed by atoms with Crippen LogP contribution in [0, 0.1) is 6.92 Å². The van der Waals surface area contributed by atoms with Gasteiger partial charge in [0.15, 0.2) is 5.16 Å². The molecule has 3 aromatic carbocycles. The van der Waals surface area contributed by atoms with Gasteiger partial charge in [0, 0.05) is 29.2 Å². The molecule has 1 N–H and O–H groups in total. The monoisotopic (exact) mass is 611 g/mol. The zero-order chi connectivity index (χ0) is 28.1. The van der Waals surface area contributed by atoms with Gasteiger partial charge in [-0.25, -0.2) is 4.98 Å². The molecule has 0 bridgehead atoms. The number of halogens is 2. The van der Waals surface area contributed by atoms with E-state index >= 15 is 0 Å². The van der Waals surface area contributed by atoms with E-state index in [0.29, 0.717) is 35.4 Å². The molecule has 0 aliphatic carbocycles. The van der Waals surface area contributed by atoms with Crippen LogP contribution in [-0.2, 0) is 17.8 Å². The molecule has 0 aliphatic rings. The van der Waals surface area contributed by atoms with Gasteiger partial charge < -0.3 is 14.6 Å². The molecule has 0 spiro atoms. The lowest BCUT2D eigenvalue weighted by Gasteiger charge is -2.09. The van der Waals surface area contributed by atoms with Gasteiger partial charge in [-0.3, -0.25) is 4.79 Å². The lowest BCUT2D eigenvalue weighted by atomic mass is 10.2. The molecule has 0 fully saturated rings. The number of anilines is 1. The van der Waals surface area contributed by atoms with Crippen molar-refractivity contribution in [2.24, 2.45) is 0 Å². The molecule has 0 atom stereocenters. The van der Waals surface area contributed by atoms with E-state index in [9.17, 15) is 4.79 Å². The standard InChI is InChI=1S/C29H27Cl2N5O2S2/c1-3-36-26(5-4-14-38-24-13-9-20(30)16-22(24)31)34-35-29(36)39-17-27(37)32-21-10-7-19(8-11-21)28-33-23-12-6-18(2)15-25(23)40-28/h6-13,15-16H,3-5,14,17H2,1-2H3,(H,32,37). The van der Waals surface area contributed by atoms with Crippen molar-refractivity contribution in [3.63, 3.8) is 0 Å². The molecule has 0 radical (unpaired) electrons. The molecule has 5 aromatic rings. The summed E-state index contributed by atoms with van der Waals surface area (Å²) in [6, 6.07) is 19.2. The summed E-state index contributed by atoms with van der Waals surface area (Å²) >= 11 is 15.1. The topological polar surface area (TPSA) is 81.9 Å². The second-order valence-corrected chi connectivity index (χ2v) is 11.9. The van der Waals surface area contributed by atoms with Crippen molar-refractivity contribution in [3.8, 4) is 16.3 Å². The first-order chi connectivity index (χ1) is 19.4. The van der Waals surface area contributed by atoms with Gasteiger partial charge in [0.2, 0.25) is 5.91 Å². The molecule has 2 heterocycles. The number of benzene rings is 3. The Morgan fingerprint density at radius 1 is 1.07 bits per heavy atom. The summed E-state index contributed by atoms with van der Waals surface area (Å²) in [5.74, 6) is 1.59. The van der Waals surface area contributed by atoms with E-state index in [4.69, 9.17) is 32.9 Å². The molecule has 0 aliphatic heterocycles. The summed E-state index contributed by atoms with van der Waals surface area (Å²) in [7, 11) is 0. The van der Waals surface area contributed by atoms with Crippen LogP contribution in [0.2, 0.25) is 10.0 Å². The third-order valence-electron chi connectivity index (χ3n) is 6.10. The lowest BCUT2D eigenvalue weighted by Crippen LogP contribution is -2.14. The molecule has 11 heteroatoms. The fourth-order valence-electron chi connectivity index (χ4n) is 4.11. The average molecular weight is 613 g/mol. The number of hydrogen-bond acceptors (Lipinski definition) is 7. The number of ether oxygens (including phenoxy) is 1. The third-order valence-corrected chi connectivity index (χ3v) is 8.66. The van der Waals surface area contributed by atoms with Crippen molar-refractivity contribution in [2.75, 3.05) is 17.7 Å². The van der Waals surface area contributed by atoms with Crippen LogP contribution in [0.1, 0.15) is 24.7 Å². The summed E-state index contributed by atoms with van der Waals surface area (Å²) in [6.07, 6.45) is 1.44. The Bertz CT molecular complexity index is 1640. The number of aryl methyl sites for hydroxylation is 2. The molecule has 0 saturated carbocycles. The van der Waals surface area contributed by atoms with Gasteiger partial charge in [-0.1, -0.05) is 41.0 Å². The Morgan fingerprint density at radius 3 is 2.67 bits per heavy atom. The van der Waals surface area contributed by atoms with E-state index in [0.717, 1.165) is 39.2 Å². The highest BCUT2D eigenvalue weighted by Crippen LogP contribution is 2.31. The fraction of sp³-hybridized carbons (Fsp3) is 0.241. The smallest absolute Gasteiger partial charge is 0.234 e. The molecule has 7 nitrogen and oxygen atoms in total. The van der Waals surface area contributed by atoms with Gasteiger partial charge in [-0.15, -0.1) is 21.5 Å². The van der Waals surface area contributed by atoms with Crippen LogP contribution < -0.4 is 10.1 Å². The normalized spacial score (nSPS) is 11.2. The summed E-state index contributed by atoms with van der Waals surface area (Å²) in [4.78, 5) is 17.4. The predicted molar refractivity (Wildman–Crippen MR) is 165 cm³/mol. The lowest BCUT2D eigenvalue weighted by molar-refractivity contribution is -0.113. The summed E-state index contributed by atoms with van der Waals surface area (Å²) in [5.41, 5.74) is 3.98. The first kappa shape index (κ1) is 28.4. The number of thioether (sulfide) groups is 1. The van der Waals surface area contributed by atoms with Gasteiger partial charge in [0.25, 0.3) is 0 Å². The maximum Gasteiger partial charge on any atom is 0.234 e. The molecule has 1 amide bonds. The van der Waals surface area contributed by atoms with Crippen LogP contribution in [0.25, 0.3) is 20.8 Å². The minimum atomic E-state index is -0.103. The van der Waals surface area contributed by atoms with Gasteiger partial charge in [-0.05, 0) is 80.4 Å². The highest BCUT2D eigenvalue weighted by molar-refractivity contribution is 7.99. The Balaban J connectivity index is 1.11. The molecule has 5 rings (SSSR count). The zero-order valence-corrected chi connectivity index (χ0v) is 25.1. The van der Waals surface area contributed by atoms with Crippen molar-refractivity contribution in [3.05, 3.63) is 82.1 Å². The van der Waals surface area contributed by atoms with Crippen molar-refractivity contribution in [1.82, 2.24) is 19.7 Å². The van der Waals surface area contributed by atoms with E-state index < -0.39 is 0 Å².